The number of rotatable bonds is 6. The Labute approximate surface area is 119 Å². The van der Waals surface area contributed by atoms with Crippen LogP contribution < -0.4 is 14.8 Å². The van der Waals surface area contributed by atoms with Crippen molar-refractivity contribution in [3.8, 4) is 11.5 Å². The Bertz CT molecular complexity index is 546. The maximum absolute atomic E-state index is 5.39. The van der Waals surface area contributed by atoms with Crippen LogP contribution in [0.25, 0.3) is 0 Å². The second-order valence-electron chi connectivity index (χ2n) is 4.41. The normalized spacial score (nSPS) is 11.9. The first kappa shape index (κ1) is 14.3. The highest BCUT2D eigenvalue weighted by molar-refractivity contribution is 5.42. The van der Waals surface area contributed by atoms with Gasteiger partial charge in [-0.1, -0.05) is 0 Å². The summed E-state index contributed by atoms with van der Waals surface area (Å²) < 4.78 is 10.7. The van der Waals surface area contributed by atoms with Crippen molar-refractivity contribution >= 4 is 0 Å². The average Bonchev–Trinajstić information content (AvgIpc) is 2.52. The molecular weight excluding hydrogens is 254 g/mol. The quantitative estimate of drug-likeness (QED) is 0.875. The van der Waals surface area contributed by atoms with Gasteiger partial charge >= 0.3 is 0 Å². The molecule has 1 aromatic heterocycles. The third-order valence-electron chi connectivity index (χ3n) is 3.11. The summed E-state index contributed by atoms with van der Waals surface area (Å²) >= 11 is 0. The van der Waals surface area contributed by atoms with Crippen LogP contribution in [0, 0.1) is 0 Å². The molecule has 5 heteroatoms. The summed E-state index contributed by atoms with van der Waals surface area (Å²) in [4.78, 5) is 8.29. The molecule has 2 rings (SSSR count). The van der Waals surface area contributed by atoms with Crippen molar-refractivity contribution in [3.63, 3.8) is 0 Å². The van der Waals surface area contributed by atoms with E-state index in [1.807, 2.05) is 18.2 Å². The van der Waals surface area contributed by atoms with Gasteiger partial charge in [-0.05, 0) is 25.1 Å². The van der Waals surface area contributed by atoms with Crippen LogP contribution in [0.1, 0.15) is 24.2 Å². The highest BCUT2D eigenvalue weighted by atomic mass is 16.5. The van der Waals surface area contributed by atoms with Gasteiger partial charge in [-0.15, -0.1) is 0 Å². The number of nitrogens with one attached hydrogen (secondary N) is 1. The Morgan fingerprint density at radius 3 is 2.70 bits per heavy atom. The van der Waals surface area contributed by atoms with E-state index >= 15 is 0 Å². The molecule has 1 aromatic carbocycles. The van der Waals surface area contributed by atoms with Gasteiger partial charge in [0.1, 0.15) is 11.5 Å². The first-order valence-electron chi connectivity index (χ1n) is 6.44. The fraction of sp³-hybridized carbons (Fsp3) is 0.333. The van der Waals surface area contributed by atoms with E-state index in [1.165, 1.54) is 0 Å². The molecule has 0 aliphatic heterocycles. The van der Waals surface area contributed by atoms with Gasteiger partial charge in [0.05, 0.1) is 19.9 Å². The van der Waals surface area contributed by atoms with Crippen molar-refractivity contribution in [3.05, 3.63) is 48.0 Å². The van der Waals surface area contributed by atoms with Crippen LogP contribution >= 0.6 is 0 Å². The molecule has 1 heterocycles. The maximum atomic E-state index is 5.39. The van der Waals surface area contributed by atoms with Crippen molar-refractivity contribution < 1.29 is 9.47 Å². The molecule has 0 radical (unpaired) electrons. The smallest absolute Gasteiger partial charge is 0.123 e. The summed E-state index contributed by atoms with van der Waals surface area (Å²) in [6.45, 7) is 2.73. The van der Waals surface area contributed by atoms with Crippen molar-refractivity contribution in [2.24, 2.45) is 0 Å². The van der Waals surface area contributed by atoms with Crippen LogP contribution in [0.4, 0.5) is 0 Å². The molecule has 0 saturated heterocycles. The van der Waals surface area contributed by atoms with E-state index in [0.29, 0.717) is 6.54 Å². The van der Waals surface area contributed by atoms with E-state index in [4.69, 9.17) is 9.47 Å². The number of ether oxygens (including phenoxy) is 2. The predicted molar refractivity (Wildman–Crippen MR) is 76.8 cm³/mol. The number of methoxy groups -OCH3 is 2. The molecule has 0 aliphatic carbocycles. The second kappa shape index (κ2) is 6.86. The van der Waals surface area contributed by atoms with Crippen LogP contribution in [-0.2, 0) is 6.54 Å². The SMILES string of the molecule is COc1ccc(OC)c(C(C)NCc2cnccn2)c1. The average molecular weight is 273 g/mol. The van der Waals surface area contributed by atoms with E-state index < -0.39 is 0 Å². The molecule has 0 saturated carbocycles. The molecule has 1 atom stereocenters. The standard InChI is InChI=1S/C15H19N3O2/c1-11(18-10-12-9-16-6-7-17-12)14-8-13(19-2)4-5-15(14)20-3/h4-9,11,18H,10H2,1-3H3. The minimum atomic E-state index is 0.113. The Balaban J connectivity index is 2.09. The lowest BCUT2D eigenvalue weighted by molar-refractivity contribution is 0.391. The van der Waals surface area contributed by atoms with E-state index in [0.717, 1.165) is 22.8 Å². The van der Waals surface area contributed by atoms with Crippen LogP contribution in [0.5, 0.6) is 11.5 Å². The van der Waals surface area contributed by atoms with Crippen molar-refractivity contribution in [2.75, 3.05) is 14.2 Å². The van der Waals surface area contributed by atoms with Gasteiger partial charge in [-0.3, -0.25) is 9.97 Å². The maximum Gasteiger partial charge on any atom is 0.123 e. The molecule has 0 aliphatic rings. The fourth-order valence-corrected chi connectivity index (χ4v) is 1.97. The monoisotopic (exact) mass is 273 g/mol. The van der Waals surface area contributed by atoms with E-state index in [2.05, 4.69) is 22.2 Å². The lowest BCUT2D eigenvalue weighted by atomic mass is 10.1. The second-order valence-corrected chi connectivity index (χ2v) is 4.41. The molecule has 2 aromatic rings. The first-order valence-corrected chi connectivity index (χ1v) is 6.44. The van der Waals surface area contributed by atoms with Gasteiger partial charge in [0, 0.05) is 36.7 Å². The summed E-state index contributed by atoms with van der Waals surface area (Å²) in [7, 11) is 3.32. The van der Waals surface area contributed by atoms with Gasteiger partial charge in [0.15, 0.2) is 0 Å². The van der Waals surface area contributed by atoms with Gasteiger partial charge in [0.25, 0.3) is 0 Å². The molecule has 0 fully saturated rings. The minimum absolute atomic E-state index is 0.113. The molecule has 20 heavy (non-hydrogen) atoms. The van der Waals surface area contributed by atoms with Crippen LogP contribution in [0.15, 0.2) is 36.8 Å². The summed E-state index contributed by atoms with van der Waals surface area (Å²) in [5.74, 6) is 1.65. The summed E-state index contributed by atoms with van der Waals surface area (Å²) in [6.07, 6.45) is 5.11. The molecule has 0 amide bonds. The molecular formula is C15H19N3O2. The minimum Gasteiger partial charge on any atom is -0.497 e. The number of aromatic nitrogens is 2. The highest BCUT2D eigenvalue weighted by Crippen LogP contribution is 2.29. The number of nitrogens with zero attached hydrogens (tertiary/aromatic N) is 2. The first-order chi connectivity index (χ1) is 9.74. The molecule has 1 N–H and O–H groups in total. The number of hydrogen-bond donors (Lipinski definition) is 1. The largest absolute Gasteiger partial charge is 0.497 e. The molecule has 1 unspecified atom stereocenters. The number of hydrogen-bond acceptors (Lipinski definition) is 5. The summed E-state index contributed by atoms with van der Waals surface area (Å²) in [5, 5.41) is 3.40. The highest BCUT2D eigenvalue weighted by Gasteiger charge is 2.12. The van der Waals surface area contributed by atoms with Crippen LogP contribution in [-0.4, -0.2) is 24.2 Å². The summed E-state index contributed by atoms with van der Waals surface area (Å²) in [5.41, 5.74) is 1.96. The van der Waals surface area contributed by atoms with Crippen molar-refractivity contribution in [2.45, 2.75) is 19.5 Å². The van der Waals surface area contributed by atoms with Crippen molar-refractivity contribution in [1.82, 2.24) is 15.3 Å². The Morgan fingerprint density at radius 2 is 2.05 bits per heavy atom. The zero-order valence-electron chi connectivity index (χ0n) is 12.0. The lowest BCUT2D eigenvalue weighted by Gasteiger charge is -2.18. The van der Waals surface area contributed by atoms with Crippen LogP contribution in [0.2, 0.25) is 0 Å². The van der Waals surface area contributed by atoms with E-state index in [1.54, 1.807) is 32.8 Å². The predicted octanol–water partition coefficient (Wildman–Crippen LogP) is 2.34. The van der Waals surface area contributed by atoms with Gasteiger partial charge in [-0.25, -0.2) is 0 Å². The Morgan fingerprint density at radius 1 is 1.20 bits per heavy atom. The van der Waals surface area contributed by atoms with Gasteiger partial charge < -0.3 is 14.8 Å². The zero-order valence-corrected chi connectivity index (χ0v) is 12.0. The lowest BCUT2D eigenvalue weighted by Crippen LogP contribution is -2.19. The molecule has 5 nitrogen and oxygen atoms in total. The molecule has 0 bridgehead atoms. The third-order valence-corrected chi connectivity index (χ3v) is 3.11. The molecule has 0 spiro atoms. The Kier molecular flexibility index (Phi) is 4.90. The fourth-order valence-electron chi connectivity index (χ4n) is 1.97. The van der Waals surface area contributed by atoms with E-state index in [9.17, 15) is 0 Å². The van der Waals surface area contributed by atoms with Crippen molar-refractivity contribution in [1.29, 1.82) is 0 Å². The topological polar surface area (TPSA) is 56.3 Å². The Hall–Kier alpha value is -2.14. The number of benzene rings is 1. The van der Waals surface area contributed by atoms with Gasteiger partial charge in [0.2, 0.25) is 0 Å². The van der Waals surface area contributed by atoms with Crippen LogP contribution in [0.3, 0.4) is 0 Å². The molecule has 106 valence electrons. The zero-order chi connectivity index (χ0) is 14.4. The third kappa shape index (κ3) is 3.45. The van der Waals surface area contributed by atoms with Gasteiger partial charge in [-0.2, -0.15) is 0 Å². The van der Waals surface area contributed by atoms with E-state index in [-0.39, 0.29) is 6.04 Å². The summed E-state index contributed by atoms with van der Waals surface area (Å²) in [6, 6.07) is 5.89.